The minimum absolute atomic E-state index is 0.153. The van der Waals surface area contributed by atoms with Crippen LogP contribution in [-0.2, 0) is 0 Å². The molecule has 1 aromatic heterocycles. The summed E-state index contributed by atoms with van der Waals surface area (Å²) in [4.78, 5) is 3.68. The number of halogens is 4. The molecule has 0 aliphatic carbocycles. The Morgan fingerprint density at radius 1 is 1.38 bits per heavy atom. The molecule has 1 atom stereocenters. The molecule has 1 aromatic rings. The summed E-state index contributed by atoms with van der Waals surface area (Å²) < 4.78 is 36.8. The molecule has 0 fully saturated rings. The largest absolute Gasteiger partial charge is 0.409 e. The summed E-state index contributed by atoms with van der Waals surface area (Å²) in [6.07, 6.45) is -4.43. The van der Waals surface area contributed by atoms with E-state index in [1.807, 2.05) is 22.6 Å². The highest BCUT2D eigenvalue weighted by molar-refractivity contribution is 14.1. The molecular formula is C7H6F3IN2. The first-order valence-corrected chi connectivity index (χ1v) is 4.44. The fraction of sp³-hybridized carbons (Fsp3) is 0.286. The highest BCUT2D eigenvalue weighted by Crippen LogP contribution is 2.29. The number of aromatic nitrogens is 1. The molecule has 1 rings (SSSR count). The Kier molecular flexibility index (Phi) is 3.12. The predicted octanol–water partition coefficient (Wildman–Crippen LogP) is 2.25. The summed E-state index contributed by atoms with van der Waals surface area (Å²) >= 11 is 1.83. The van der Waals surface area contributed by atoms with Gasteiger partial charge in [-0.25, -0.2) is 4.98 Å². The zero-order valence-corrected chi connectivity index (χ0v) is 8.50. The smallest absolute Gasteiger partial charge is 0.315 e. The van der Waals surface area contributed by atoms with Crippen molar-refractivity contribution in [1.82, 2.24) is 4.98 Å². The summed E-state index contributed by atoms with van der Waals surface area (Å²) in [6.45, 7) is 0. The second-order valence-electron chi connectivity index (χ2n) is 2.40. The lowest BCUT2D eigenvalue weighted by Gasteiger charge is -2.14. The van der Waals surface area contributed by atoms with Crippen molar-refractivity contribution in [3.63, 3.8) is 0 Å². The molecule has 6 heteroatoms. The third-order valence-electron chi connectivity index (χ3n) is 1.41. The highest BCUT2D eigenvalue weighted by Gasteiger charge is 2.38. The Labute approximate surface area is 86.5 Å². The molecule has 1 heterocycles. The van der Waals surface area contributed by atoms with Gasteiger partial charge in [-0.05, 0) is 34.7 Å². The highest BCUT2D eigenvalue weighted by atomic mass is 127. The third-order valence-corrected chi connectivity index (χ3v) is 2.01. The van der Waals surface area contributed by atoms with Crippen molar-refractivity contribution in [3.05, 3.63) is 27.6 Å². The molecule has 0 amide bonds. The van der Waals surface area contributed by atoms with Gasteiger partial charge in [0.25, 0.3) is 0 Å². The standard InChI is InChI=1S/C7H6F3IN2/c8-7(9,10)6(12)4-2-1-3-5(11)13-4/h1-3,6H,12H2/t6-/m0/s1. The predicted molar refractivity (Wildman–Crippen MR) is 49.9 cm³/mol. The Morgan fingerprint density at radius 3 is 2.46 bits per heavy atom. The maximum atomic E-state index is 12.1. The number of rotatable bonds is 1. The van der Waals surface area contributed by atoms with Crippen molar-refractivity contribution >= 4 is 22.6 Å². The van der Waals surface area contributed by atoms with E-state index >= 15 is 0 Å². The third kappa shape index (κ3) is 2.80. The van der Waals surface area contributed by atoms with Crippen molar-refractivity contribution in [3.8, 4) is 0 Å². The lowest BCUT2D eigenvalue weighted by Crippen LogP contribution is -2.29. The monoisotopic (exact) mass is 302 g/mol. The number of hydrogen-bond acceptors (Lipinski definition) is 2. The van der Waals surface area contributed by atoms with Crippen molar-refractivity contribution in [1.29, 1.82) is 0 Å². The first-order valence-electron chi connectivity index (χ1n) is 3.36. The molecule has 0 spiro atoms. The second kappa shape index (κ2) is 3.79. The maximum Gasteiger partial charge on any atom is 0.409 e. The molecule has 13 heavy (non-hydrogen) atoms. The van der Waals surface area contributed by atoms with Crippen LogP contribution in [0.1, 0.15) is 11.7 Å². The topological polar surface area (TPSA) is 38.9 Å². The van der Waals surface area contributed by atoms with E-state index in [1.165, 1.54) is 12.1 Å². The van der Waals surface area contributed by atoms with Crippen molar-refractivity contribution in [2.45, 2.75) is 12.2 Å². The quantitative estimate of drug-likeness (QED) is 0.638. The summed E-state index contributed by atoms with van der Waals surface area (Å²) in [5.41, 5.74) is 4.80. The van der Waals surface area contributed by atoms with Crippen LogP contribution in [0.4, 0.5) is 13.2 Å². The summed E-state index contributed by atoms with van der Waals surface area (Å²) in [7, 11) is 0. The lowest BCUT2D eigenvalue weighted by atomic mass is 10.2. The molecule has 0 aliphatic rings. The fourth-order valence-corrected chi connectivity index (χ4v) is 1.25. The van der Waals surface area contributed by atoms with Gasteiger partial charge in [0.2, 0.25) is 0 Å². The van der Waals surface area contributed by atoms with E-state index < -0.39 is 12.2 Å². The Morgan fingerprint density at radius 2 is 2.00 bits per heavy atom. The maximum absolute atomic E-state index is 12.1. The molecule has 0 unspecified atom stereocenters. The summed E-state index contributed by atoms with van der Waals surface area (Å²) in [6, 6.07) is 2.37. The lowest BCUT2D eigenvalue weighted by molar-refractivity contribution is -0.150. The molecule has 0 aliphatic heterocycles. The van der Waals surface area contributed by atoms with Gasteiger partial charge in [-0.2, -0.15) is 13.2 Å². The Balaban J connectivity index is 2.96. The van der Waals surface area contributed by atoms with Crippen molar-refractivity contribution < 1.29 is 13.2 Å². The second-order valence-corrected chi connectivity index (χ2v) is 3.51. The van der Waals surface area contributed by atoms with Crippen molar-refractivity contribution in [2.24, 2.45) is 5.73 Å². The zero-order valence-electron chi connectivity index (χ0n) is 6.35. The first kappa shape index (κ1) is 10.7. The van der Waals surface area contributed by atoms with Gasteiger partial charge in [0, 0.05) is 0 Å². The molecule has 0 radical (unpaired) electrons. The van der Waals surface area contributed by atoms with Gasteiger partial charge in [-0.1, -0.05) is 6.07 Å². The molecule has 72 valence electrons. The van der Waals surface area contributed by atoms with Gasteiger partial charge in [-0.3, -0.25) is 0 Å². The minimum atomic E-state index is -4.43. The van der Waals surface area contributed by atoms with Crippen LogP contribution < -0.4 is 5.73 Å². The summed E-state index contributed by atoms with van der Waals surface area (Å²) in [5.74, 6) is 0. The zero-order chi connectivity index (χ0) is 10.1. The van der Waals surface area contributed by atoms with Crippen LogP contribution in [0.15, 0.2) is 18.2 Å². The van der Waals surface area contributed by atoms with E-state index in [1.54, 1.807) is 6.07 Å². The minimum Gasteiger partial charge on any atom is -0.315 e. The van der Waals surface area contributed by atoms with Crippen LogP contribution >= 0.6 is 22.6 Å². The Bertz CT molecular complexity index is 300. The van der Waals surface area contributed by atoms with Gasteiger partial charge in [-0.15, -0.1) is 0 Å². The number of nitrogens with zero attached hydrogens (tertiary/aromatic N) is 1. The first-order chi connectivity index (χ1) is 5.91. The molecular weight excluding hydrogens is 296 g/mol. The van der Waals surface area contributed by atoms with Gasteiger partial charge < -0.3 is 5.73 Å². The van der Waals surface area contributed by atoms with Crippen LogP contribution in [0, 0.1) is 3.70 Å². The van der Waals surface area contributed by atoms with Gasteiger partial charge in [0.05, 0.1) is 5.69 Å². The number of nitrogens with two attached hydrogens (primary N) is 1. The van der Waals surface area contributed by atoms with E-state index in [0.717, 1.165) is 0 Å². The van der Waals surface area contributed by atoms with Crippen LogP contribution in [-0.4, -0.2) is 11.2 Å². The SMILES string of the molecule is N[C@@H](c1cccc(I)n1)C(F)(F)F. The number of hydrogen-bond donors (Lipinski definition) is 1. The van der Waals surface area contributed by atoms with Crippen LogP contribution in [0.3, 0.4) is 0 Å². The van der Waals surface area contributed by atoms with Gasteiger partial charge >= 0.3 is 6.18 Å². The van der Waals surface area contributed by atoms with Crippen LogP contribution in [0.5, 0.6) is 0 Å². The Hall–Kier alpha value is -0.370. The van der Waals surface area contributed by atoms with Gasteiger partial charge in [0.1, 0.15) is 9.74 Å². The molecule has 0 bridgehead atoms. The van der Waals surface area contributed by atoms with E-state index in [9.17, 15) is 13.2 Å². The molecule has 0 aromatic carbocycles. The average molecular weight is 302 g/mol. The van der Waals surface area contributed by atoms with E-state index in [0.29, 0.717) is 3.70 Å². The number of alkyl halides is 3. The normalized spacial score (nSPS) is 14.2. The fourth-order valence-electron chi connectivity index (χ4n) is 0.765. The molecule has 2 N–H and O–H groups in total. The molecule has 0 saturated heterocycles. The van der Waals surface area contributed by atoms with E-state index in [4.69, 9.17) is 5.73 Å². The van der Waals surface area contributed by atoms with Crippen LogP contribution in [0.2, 0.25) is 0 Å². The molecule has 0 saturated carbocycles. The average Bonchev–Trinajstić information content (AvgIpc) is 2.01. The van der Waals surface area contributed by atoms with Gasteiger partial charge in [0.15, 0.2) is 0 Å². The molecule has 2 nitrogen and oxygen atoms in total. The van der Waals surface area contributed by atoms with Crippen molar-refractivity contribution in [2.75, 3.05) is 0 Å². The van der Waals surface area contributed by atoms with E-state index in [-0.39, 0.29) is 5.69 Å². The van der Waals surface area contributed by atoms with E-state index in [2.05, 4.69) is 4.98 Å². The summed E-state index contributed by atoms with van der Waals surface area (Å²) in [5, 5.41) is 0. The van der Waals surface area contributed by atoms with Crippen LogP contribution in [0.25, 0.3) is 0 Å². The number of pyridine rings is 1.